The Morgan fingerprint density at radius 1 is 1.21 bits per heavy atom. The van der Waals surface area contributed by atoms with E-state index in [1.54, 1.807) is 36.4 Å². The van der Waals surface area contributed by atoms with Crippen molar-refractivity contribution in [2.24, 2.45) is 0 Å². The summed E-state index contributed by atoms with van der Waals surface area (Å²) in [6, 6.07) is 18.8. The maximum Gasteiger partial charge on any atom is 0.269 e. The van der Waals surface area contributed by atoms with E-state index in [0.29, 0.717) is 31.9 Å². The first-order chi connectivity index (χ1) is 16.3. The first-order valence-corrected chi connectivity index (χ1v) is 11.1. The van der Waals surface area contributed by atoms with Crippen LogP contribution in [0.4, 0.5) is 11.4 Å². The van der Waals surface area contributed by atoms with Gasteiger partial charge in [-0.1, -0.05) is 30.3 Å². The van der Waals surface area contributed by atoms with E-state index >= 15 is 0 Å². The van der Waals surface area contributed by atoms with Gasteiger partial charge in [-0.05, 0) is 70.5 Å². The van der Waals surface area contributed by atoms with Gasteiger partial charge in [-0.25, -0.2) is 0 Å². The molecule has 3 aromatic carbocycles. The van der Waals surface area contributed by atoms with Crippen LogP contribution in [0, 0.1) is 31.9 Å². The molecule has 1 amide bonds. The van der Waals surface area contributed by atoms with Gasteiger partial charge in [-0.3, -0.25) is 14.9 Å². The Kier molecular flexibility index (Phi) is 8.21. The molecule has 0 saturated carbocycles. The fraction of sp³-hybridized carbons (Fsp3) is 0.120. The highest BCUT2D eigenvalue weighted by molar-refractivity contribution is 14.1. The number of aryl methyl sites for hydroxylation is 1. The fourth-order valence-electron chi connectivity index (χ4n) is 3.10. The number of carbonyl (C=O) groups excluding carboxylic acids is 1. The molecule has 172 valence electrons. The van der Waals surface area contributed by atoms with Crippen LogP contribution in [0.1, 0.15) is 16.7 Å². The molecule has 3 aromatic rings. The number of nitro benzene ring substituents is 1. The van der Waals surface area contributed by atoms with Crippen molar-refractivity contribution in [1.82, 2.24) is 0 Å². The molecule has 0 unspecified atom stereocenters. The molecule has 3 rings (SSSR count). The number of methoxy groups -OCH3 is 1. The second kappa shape index (κ2) is 11.3. The van der Waals surface area contributed by atoms with Crippen molar-refractivity contribution in [3.63, 3.8) is 0 Å². The Morgan fingerprint density at radius 3 is 2.65 bits per heavy atom. The summed E-state index contributed by atoms with van der Waals surface area (Å²) in [5.41, 5.74) is 2.65. The molecule has 0 radical (unpaired) electrons. The van der Waals surface area contributed by atoms with Gasteiger partial charge in [0.2, 0.25) is 0 Å². The topological polar surface area (TPSA) is 114 Å². The summed E-state index contributed by atoms with van der Waals surface area (Å²) < 4.78 is 12.0. The Morgan fingerprint density at radius 2 is 1.97 bits per heavy atom. The molecule has 0 saturated heterocycles. The Labute approximate surface area is 210 Å². The molecule has 0 bridgehead atoms. The number of benzene rings is 3. The SMILES string of the molecule is COc1cc(/C=C(/C#N)C(=O)Nc2ccccc2C)cc(I)c1OCc1cccc([N+](=O)[O-])c1. The van der Waals surface area contributed by atoms with Gasteiger partial charge in [0.05, 0.1) is 15.6 Å². The Bertz CT molecular complexity index is 1310. The smallest absolute Gasteiger partial charge is 0.269 e. The quantitative estimate of drug-likeness (QED) is 0.124. The summed E-state index contributed by atoms with van der Waals surface area (Å²) in [6.45, 7) is 1.97. The van der Waals surface area contributed by atoms with E-state index < -0.39 is 10.8 Å². The van der Waals surface area contributed by atoms with Crippen molar-refractivity contribution in [1.29, 1.82) is 5.26 Å². The van der Waals surface area contributed by atoms with Gasteiger partial charge in [-0.2, -0.15) is 5.26 Å². The molecule has 0 aliphatic rings. The fourth-order valence-corrected chi connectivity index (χ4v) is 3.88. The third kappa shape index (κ3) is 6.11. The molecular formula is C25H20IN3O5. The van der Waals surface area contributed by atoms with Crippen LogP contribution in [0.25, 0.3) is 6.08 Å². The van der Waals surface area contributed by atoms with Crippen LogP contribution < -0.4 is 14.8 Å². The van der Waals surface area contributed by atoms with Gasteiger partial charge in [0.25, 0.3) is 11.6 Å². The number of hydrogen-bond donors (Lipinski definition) is 1. The largest absolute Gasteiger partial charge is 0.493 e. The van der Waals surface area contributed by atoms with Crippen molar-refractivity contribution in [2.45, 2.75) is 13.5 Å². The zero-order valence-electron chi connectivity index (χ0n) is 18.4. The van der Waals surface area contributed by atoms with Crippen LogP contribution in [0.15, 0.2) is 66.2 Å². The summed E-state index contributed by atoms with van der Waals surface area (Å²) in [5, 5.41) is 23.3. The second-order valence-corrected chi connectivity index (χ2v) is 8.35. The molecule has 0 atom stereocenters. The van der Waals surface area contributed by atoms with E-state index in [9.17, 15) is 20.2 Å². The second-order valence-electron chi connectivity index (χ2n) is 7.19. The highest BCUT2D eigenvalue weighted by Gasteiger charge is 2.15. The maximum absolute atomic E-state index is 12.6. The molecular weight excluding hydrogens is 549 g/mol. The lowest BCUT2D eigenvalue weighted by Gasteiger charge is -2.14. The number of carbonyl (C=O) groups is 1. The van der Waals surface area contributed by atoms with Crippen molar-refractivity contribution < 1.29 is 19.2 Å². The van der Waals surface area contributed by atoms with Gasteiger partial charge >= 0.3 is 0 Å². The third-order valence-electron chi connectivity index (χ3n) is 4.83. The maximum atomic E-state index is 12.6. The number of ether oxygens (including phenoxy) is 2. The van der Waals surface area contributed by atoms with Crippen LogP contribution in [0.5, 0.6) is 11.5 Å². The van der Waals surface area contributed by atoms with Gasteiger partial charge in [-0.15, -0.1) is 0 Å². The molecule has 0 heterocycles. The molecule has 0 aliphatic heterocycles. The zero-order valence-corrected chi connectivity index (χ0v) is 20.5. The minimum Gasteiger partial charge on any atom is -0.493 e. The molecule has 34 heavy (non-hydrogen) atoms. The first kappa shape index (κ1) is 24.7. The minimum atomic E-state index is -0.517. The number of rotatable bonds is 8. The lowest BCUT2D eigenvalue weighted by atomic mass is 10.1. The Hall–Kier alpha value is -3.91. The van der Waals surface area contributed by atoms with E-state index in [1.165, 1.54) is 25.3 Å². The van der Waals surface area contributed by atoms with Crippen molar-refractivity contribution in [3.8, 4) is 17.6 Å². The summed E-state index contributed by atoms with van der Waals surface area (Å²) in [6.07, 6.45) is 1.47. The van der Waals surface area contributed by atoms with Crippen LogP contribution in [0.3, 0.4) is 0 Å². The van der Waals surface area contributed by atoms with E-state index in [-0.39, 0.29) is 17.9 Å². The molecule has 1 N–H and O–H groups in total. The lowest BCUT2D eigenvalue weighted by molar-refractivity contribution is -0.384. The van der Waals surface area contributed by atoms with Crippen molar-refractivity contribution >= 4 is 45.9 Å². The van der Waals surface area contributed by atoms with Crippen LogP contribution >= 0.6 is 22.6 Å². The summed E-state index contributed by atoms with van der Waals surface area (Å²) in [4.78, 5) is 23.2. The lowest BCUT2D eigenvalue weighted by Crippen LogP contribution is -2.14. The van der Waals surface area contributed by atoms with E-state index in [1.807, 2.05) is 25.1 Å². The number of hydrogen-bond acceptors (Lipinski definition) is 6. The number of anilines is 1. The van der Waals surface area contributed by atoms with E-state index in [0.717, 1.165) is 5.56 Å². The van der Waals surface area contributed by atoms with Crippen LogP contribution in [-0.2, 0) is 11.4 Å². The molecule has 0 spiro atoms. The number of amides is 1. The highest BCUT2D eigenvalue weighted by Crippen LogP contribution is 2.35. The first-order valence-electron chi connectivity index (χ1n) is 10.0. The summed E-state index contributed by atoms with van der Waals surface area (Å²) >= 11 is 2.07. The van der Waals surface area contributed by atoms with Gasteiger partial charge in [0.1, 0.15) is 18.2 Å². The molecule has 0 aliphatic carbocycles. The average molecular weight is 569 g/mol. The number of halogens is 1. The van der Waals surface area contributed by atoms with Crippen molar-refractivity contribution in [3.05, 3.63) is 96.6 Å². The van der Waals surface area contributed by atoms with Crippen molar-refractivity contribution in [2.75, 3.05) is 12.4 Å². The van der Waals surface area contributed by atoms with Gasteiger partial charge in [0.15, 0.2) is 11.5 Å². The highest BCUT2D eigenvalue weighted by atomic mass is 127. The number of nitrogens with one attached hydrogen (secondary N) is 1. The number of para-hydroxylation sites is 1. The zero-order chi connectivity index (χ0) is 24.7. The molecule has 9 heteroatoms. The van der Waals surface area contributed by atoms with Gasteiger partial charge < -0.3 is 14.8 Å². The average Bonchev–Trinajstić information content (AvgIpc) is 2.83. The molecule has 8 nitrogen and oxygen atoms in total. The number of non-ortho nitro benzene ring substituents is 1. The van der Waals surface area contributed by atoms with Gasteiger partial charge in [0, 0.05) is 17.8 Å². The summed E-state index contributed by atoms with van der Waals surface area (Å²) in [5.74, 6) is 0.339. The van der Waals surface area contributed by atoms with Crippen LogP contribution in [-0.4, -0.2) is 17.9 Å². The Balaban J connectivity index is 1.83. The van der Waals surface area contributed by atoms with E-state index in [4.69, 9.17) is 9.47 Å². The molecule has 0 fully saturated rings. The van der Waals surface area contributed by atoms with E-state index in [2.05, 4.69) is 27.9 Å². The predicted molar refractivity (Wildman–Crippen MR) is 137 cm³/mol. The normalized spacial score (nSPS) is 10.8. The molecule has 0 aromatic heterocycles. The summed E-state index contributed by atoms with van der Waals surface area (Å²) in [7, 11) is 1.48. The standard InChI is InChI=1S/C25H20IN3O5/c1-16-6-3-4-9-22(16)28-25(30)19(14-27)10-18-12-21(26)24(23(13-18)33-2)34-15-17-7-5-8-20(11-17)29(31)32/h3-13H,15H2,1-2H3,(H,28,30)/b19-10-. The van der Waals surface area contributed by atoms with Crippen LogP contribution in [0.2, 0.25) is 0 Å². The number of nitrogens with zero attached hydrogens (tertiary/aromatic N) is 2. The third-order valence-corrected chi connectivity index (χ3v) is 5.63. The number of nitriles is 1. The number of nitro groups is 1. The minimum absolute atomic E-state index is 0.0174. The monoisotopic (exact) mass is 569 g/mol. The predicted octanol–water partition coefficient (Wildman–Crippen LogP) is 5.64.